The van der Waals surface area contributed by atoms with Crippen molar-refractivity contribution in [2.24, 2.45) is 11.7 Å². The van der Waals surface area contributed by atoms with Crippen LogP contribution in [0.2, 0.25) is 0 Å². The Morgan fingerprint density at radius 1 is 1.44 bits per heavy atom. The zero-order chi connectivity index (χ0) is 13.5. The molecule has 0 aromatic carbocycles. The van der Waals surface area contributed by atoms with E-state index in [1.54, 1.807) is 6.33 Å². The molecule has 0 saturated heterocycles. The first-order chi connectivity index (χ1) is 8.54. The van der Waals surface area contributed by atoms with E-state index in [2.05, 4.69) is 42.8 Å². The van der Waals surface area contributed by atoms with Crippen LogP contribution in [0, 0.1) is 5.92 Å². The van der Waals surface area contributed by atoms with E-state index in [9.17, 15) is 0 Å². The molecule has 1 unspecified atom stereocenters. The lowest BCUT2D eigenvalue weighted by molar-refractivity contribution is 0.284. The second kappa shape index (κ2) is 7.48. The van der Waals surface area contributed by atoms with Gasteiger partial charge in [0.1, 0.15) is 12.2 Å². The quantitative estimate of drug-likeness (QED) is 0.762. The number of rotatable bonds is 8. The highest BCUT2D eigenvalue weighted by Crippen LogP contribution is 2.06. The molecule has 18 heavy (non-hydrogen) atoms. The third-order valence-electron chi connectivity index (χ3n) is 3.24. The summed E-state index contributed by atoms with van der Waals surface area (Å²) in [6.45, 7) is 9.26. The highest BCUT2D eigenvalue weighted by atomic mass is 15.3. The predicted molar refractivity (Wildman–Crippen MR) is 74.1 cm³/mol. The molecule has 0 aliphatic carbocycles. The fraction of sp³-hybridized carbons (Fsp3) is 0.846. The average molecular weight is 253 g/mol. The minimum atomic E-state index is 0.279. The standard InChI is InChI=1S/C13H27N5/c1-5-7-18-13(15-10-16-18)9-17(4)8-6-12(14)11(2)3/h10-12H,5-9,14H2,1-4H3. The molecular weight excluding hydrogens is 226 g/mol. The first-order valence-corrected chi connectivity index (χ1v) is 6.85. The summed E-state index contributed by atoms with van der Waals surface area (Å²) in [5.74, 6) is 1.58. The fourth-order valence-corrected chi connectivity index (χ4v) is 1.83. The Hall–Kier alpha value is -0.940. The molecule has 1 rings (SSSR count). The second-order valence-corrected chi connectivity index (χ2v) is 5.33. The molecule has 1 heterocycles. The van der Waals surface area contributed by atoms with Crippen LogP contribution >= 0.6 is 0 Å². The molecule has 0 fully saturated rings. The maximum atomic E-state index is 6.06. The van der Waals surface area contributed by atoms with E-state index in [0.29, 0.717) is 5.92 Å². The van der Waals surface area contributed by atoms with Crippen molar-refractivity contribution in [2.75, 3.05) is 13.6 Å². The highest BCUT2D eigenvalue weighted by molar-refractivity contribution is 4.84. The number of nitrogens with two attached hydrogens (primary N) is 1. The zero-order valence-electron chi connectivity index (χ0n) is 12.1. The van der Waals surface area contributed by atoms with E-state index in [4.69, 9.17) is 5.73 Å². The van der Waals surface area contributed by atoms with Gasteiger partial charge in [-0.2, -0.15) is 5.10 Å². The third-order valence-corrected chi connectivity index (χ3v) is 3.24. The largest absolute Gasteiger partial charge is 0.327 e. The summed E-state index contributed by atoms with van der Waals surface area (Å²) in [4.78, 5) is 6.58. The van der Waals surface area contributed by atoms with Crippen LogP contribution in [0.4, 0.5) is 0 Å². The Bertz CT molecular complexity index is 334. The maximum absolute atomic E-state index is 6.06. The van der Waals surface area contributed by atoms with E-state index in [1.165, 1.54) is 0 Å². The van der Waals surface area contributed by atoms with Gasteiger partial charge in [0.15, 0.2) is 0 Å². The SMILES string of the molecule is CCCn1ncnc1CN(C)CCC(N)C(C)C. The first kappa shape index (κ1) is 15.1. The normalized spacial score (nSPS) is 13.5. The molecule has 5 nitrogen and oxygen atoms in total. The number of hydrogen-bond donors (Lipinski definition) is 1. The number of aromatic nitrogens is 3. The number of nitrogens with zero attached hydrogens (tertiary/aromatic N) is 4. The molecule has 5 heteroatoms. The van der Waals surface area contributed by atoms with Crippen molar-refractivity contribution < 1.29 is 0 Å². The minimum Gasteiger partial charge on any atom is -0.327 e. The summed E-state index contributed by atoms with van der Waals surface area (Å²) in [5, 5.41) is 4.24. The summed E-state index contributed by atoms with van der Waals surface area (Å²) in [6.07, 6.45) is 3.74. The van der Waals surface area contributed by atoms with Gasteiger partial charge >= 0.3 is 0 Å². The van der Waals surface area contributed by atoms with Gasteiger partial charge in [-0.25, -0.2) is 9.67 Å². The van der Waals surface area contributed by atoms with Crippen LogP contribution in [0.15, 0.2) is 6.33 Å². The Morgan fingerprint density at radius 3 is 2.78 bits per heavy atom. The smallest absolute Gasteiger partial charge is 0.140 e. The van der Waals surface area contributed by atoms with Crippen molar-refractivity contribution >= 4 is 0 Å². The molecule has 0 amide bonds. The van der Waals surface area contributed by atoms with Crippen LogP contribution in [-0.4, -0.2) is 39.3 Å². The Labute approximate surface area is 110 Å². The number of aryl methyl sites for hydroxylation is 1. The molecule has 0 saturated carbocycles. The first-order valence-electron chi connectivity index (χ1n) is 6.85. The molecule has 2 N–H and O–H groups in total. The summed E-state index contributed by atoms with van der Waals surface area (Å²) in [5.41, 5.74) is 6.06. The number of hydrogen-bond acceptors (Lipinski definition) is 4. The van der Waals surface area contributed by atoms with Gasteiger partial charge in [0.25, 0.3) is 0 Å². The molecule has 0 spiro atoms. The summed E-state index contributed by atoms with van der Waals surface area (Å²) in [7, 11) is 2.11. The summed E-state index contributed by atoms with van der Waals surface area (Å²) < 4.78 is 1.98. The molecule has 0 aliphatic heterocycles. The van der Waals surface area contributed by atoms with Gasteiger partial charge in [-0.3, -0.25) is 4.90 Å². The van der Waals surface area contributed by atoms with E-state index < -0.39 is 0 Å². The Balaban J connectivity index is 2.39. The van der Waals surface area contributed by atoms with E-state index >= 15 is 0 Å². The minimum absolute atomic E-state index is 0.279. The van der Waals surface area contributed by atoms with Crippen molar-refractivity contribution in [1.82, 2.24) is 19.7 Å². The molecule has 0 bridgehead atoms. The van der Waals surface area contributed by atoms with Crippen molar-refractivity contribution in [3.63, 3.8) is 0 Å². The van der Waals surface area contributed by atoms with Crippen LogP contribution < -0.4 is 5.73 Å². The fourth-order valence-electron chi connectivity index (χ4n) is 1.83. The van der Waals surface area contributed by atoms with E-state index in [-0.39, 0.29) is 6.04 Å². The molecule has 0 radical (unpaired) electrons. The van der Waals surface area contributed by atoms with Gasteiger partial charge in [0.05, 0.1) is 6.54 Å². The van der Waals surface area contributed by atoms with Gasteiger partial charge in [-0.05, 0) is 32.4 Å². The predicted octanol–water partition coefficient (Wildman–Crippen LogP) is 1.49. The van der Waals surface area contributed by atoms with Crippen LogP contribution in [0.3, 0.4) is 0 Å². The van der Waals surface area contributed by atoms with Crippen LogP contribution in [0.5, 0.6) is 0 Å². The van der Waals surface area contributed by atoms with E-state index in [0.717, 1.165) is 38.3 Å². The zero-order valence-corrected chi connectivity index (χ0v) is 12.1. The van der Waals surface area contributed by atoms with E-state index in [1.807, 2.05) is 4.68 Å². The van der Waals surface area contributed by atoms with Gasteiger partial charge in [-0.15, -0.1) is 0 Å². The molecular formula is C13H27N5. The summed E-state index contributed by atoms with van der Waals surface area (Å²) in [6, 6.07) is 0.279. The molecule has 1 aromatic rings. The molecule has 104 valence electrons. The van der Waals surface area contributed by atoms with Gasteiger partial charge in [-0.1, -0.05) is 20.8 Å². The van der Waals surface area contributed by atoms with Crippen LogP contribution in [0.1, 0.15) is 39.4 Å². The summed E-state index contributed by atoms with van der Waals surface area (Å²) >= 11 is 0. The molecule has 1 atom stereocenters. The third kappa shape index (κ3) is 4.74. The van der Waals surface area contributed by atoms with Gasteiger partial charge < -0.3 is 5.73 Å². The van der Waals surface area contributed by atoms with Crippen LogP contribution in [0.25, 0.3) is 0 Å². The van der Waals surface area contributed by atoms with Gasteiger partial charge in [0, 0.05) is 12.6 Å². The average Bonchev–Trinajstić information content (AvgIpc) is 2.74. The van der Waals surface area contributed by atoms with Crippen LogP contribution in [-0.2, 0) is 13.1 Å². The maximum Gasteiger partial charge on any atom is 0.140 e. The molecule has 0 aliphatic rings. The topological polar surface area (TPSA) is 60.0 Å². The van der Waals surface area contributed by atoms with Crippen molar-refractivity contribution in [2.45, 2.75) is 52.7 Å². The molecule has 1 aromatic heterocycles. The lowest BCUT2D eigenvalue weighted by Gasteiger charge is -2.21. The second-order valence-electron chi connectivity index (χ2n) is 5.33. The lowest BCUT2D eigenvalue weighted by Crippen LogP contribution is -2.32. The van der Waals surface area contributed by atoms with Crippen molar-refractivity contribution in [3.05, 3.63) is 12.2 Å². The van der Waals surface area contributed by atoms with Crippen molar-refractivity contribution in [3.8, 4) is 0 Å². The Morgan fingerprint density at radius 2 is 2.17 bits per heavy atom. The van der Waals surface area contributed by atoms with Crippen molar-refractivity contribution in [1.29, 1.82) is 0 Å². The lowest BCUT2D eigenvalue weighted by atomic mass is 10.0. The highest BCUT2D eigenvalue weighted by Gasteiger charge is 2.11. The van der Waals surface area contributed by atoms with Gasteiger partial charge in [0.2, 0.25) is 0 Å². The Kier molecular flexibility index (Phi) is 6.29. The monoisotopic (exact) mass is 253 g/mol.